The molecule has 0 saturated carbocycles. The molecule has 29 heavy (non-hydrogen) atoms. The highest BCUT2D eigenvalue weighted by Crippen LogP contribution is 2.35. The minimum absolute atomic E-state index is 0.0486. The highest BCUT2D eigenvalue weighted by Gasteiger charge is 2.30. The van der Waals surface area contributed by atoms with Crippen molar-refractivity contribution in [1.29, 1.82) is 0 Å². The van der Waals surface area contributed by atoms with Gasteiger partial charge in [0.15, 0.2) is 11.5 Å². The van der Waals surface area contributed by atoms with E-state index in [1.165, 1.54) is 18.4 Å². The van der Waals surface area contributed by atoms with Crippen LogP contribution >= 0.6 is 11.3 Å². The van der Waals surface area contributed by atoms with Crippen molar-refractivity contribution in [2.75, 3.05) is 20.8 Å². The Labute approximate surface area is 177 Å². The van der Waals surface area contributed by atoms with Crippen LogP contribution in [0, 0.1) is 0 Å². The summed E-state index contributed by atoms with van der Waals surface area (Å²) in [6, 6.07) is 5.89. The Hall–Kier alpha value is -2.05. The summed E-state index contributed by atoms with van der Waals surface area (Å²) in [7, 11) is 3.20. The summed E-state index contributed by atoms with van der Waals surface area (Å²) in [6.07, 6.45) is 6.45. The number of ether oxygens (including phenoxy) is 2. The first-order valence-electron chi connectivity index (χ1n) is 10.3. The number of aryl methyl sites for hydroxylation is 1. The molecule has 2 heterocycles. The molecule has 0 spiro atoms. The number of hydrogen-bond acceptors (Lipinski definition) is 5. The van der Waals surface area contributed by atoms with E-state index in [-0.39, 0.29) is 11.4 Å². The number of nitrogens with zero attached hydrogens (tertiary/aromatic N) is 1. The van der Waals surface area contributed by atoms with Gasteiger partial charge in [0.05, 0.1) is 14.2 Å². The molecule has 1 aliphatic rings. The first-order chi connectivity index (χ1) is 13.9. The monoisotopic (exact) mass is 416 g/mol. The van der Waals surface area contributed by atoms with Gasteiger partial charge in [-0.15, -0.1) is 0 Å². The average Bonchev–Trinajstić information content (AvgIpc) is 3.33. The largest absolute Gasteiger partial charge is 0.493 e. The van der Waals surface area contributed by atoms with E-state index in [1.54, 1.807) is 31.6 Å². The summed E-state index contributed by atoms with van der Waals surface area (Å²) < 4.78 is 10.7. The van der Waals surface area contributed by atoms with Crippen LogP contribution in [-0.4, -0.2) is 37.1 Å². The Balaban J connectivity index is 1.45. The van der Waals surface area contributed by atoms with Gasteiger partial charge in [-0.1, -0.05) is 12.8 Å². The number of methoxy groups -OCH3 is 2. The lowest BCUT2D eigenvalue weighted by Gasteiger charge is -2.27. The maximum Gasteiger partial charge on any atom is 0.254 e. The van der Waals surface area contributed by atoms with E-state index < -0.39 is 0 Å². The van der Waals surface area contributed by atoms with E-state index >= 15 is 0 Å². The Morgan fingerprint density at radius 2 is 1.90 bits per heavy atom. The standard InChI is InChI=1S/C23H32N2O3S/c1-23(24,9-6-4-5-7-17-8-12-29-16-17)10-11-25-15-18-13-20(27-2)21(28-3)14-19(18)22(25)26/h8,12-14,16H,4-7,9-11,15,24H2,1-3H3. The number of unbranched alkanes of at least 4 members (excludes halogenated alkanes) is 2. The highest BCUT2D eigenvalue weighted by atomic mass is 32.1. The van der Waals surface area contributed by atoms with Crippen LogP contribution in [0.4, 0.5) is 0 Å². The minimum Gasteiger partial charge on any atom is -0.493 e. The molecular formula is C23H32N2O3S. The van der Waals surface area contributed by atoms with Gasteiger partial charge in [-0.2, -0.15) is 11.3 Å². The van der Waals surface area contributed by atoms with Gasteiger partial charge in [-0.05, 0) is 72.7 Å². The molecule has 1 atom stereocenters. The van der Waals surface area contributed by atoms with Gasteiger partial charge in [0.2, 0.25) is 0 Å². The van der Waals surface area contributed by atoms with Crippen LogP contribution < -0.4 is 15.2 Å². The zero-order chi connectivity index (χ0) is 20.9. The lowest BCUT2D eigenvalue weighted by atomic mass is 9.91. The van der Waals surface area contributed by atoms with Crippen molar-refractivity contribution >= 4 is 17.2 Å². The molecule has 6 heteroatoms. The molecule has 0 saturated heterocycles. The normalized spacial score (nSPS) is 15.3. The van der Waals surface area contributed by atoms with Crippen molar-refractivity contribution in [2.45, 2.75) is 57.5 Å². The number of fused-ring (bicyclic) bond motifs is 1. The van der Waals surface area contributed by atoms with E-state index in [9.17, 15) is 4.79 Å². The zero-order valence-electron chi connectivity index (χ0n) is 17.7. The second-order valence-electron chi connectivity index (χ2n) is 8.19. The first kappa shape index (κ1) is 21.7. The molecule has 2 N–H and O–H groups in total. The predicted molar refractivity (Wildman–Crippen MR) is 118 cm³/mol. The molecule has 1 amide bonds. The summed E-state index contributed by atoms with van der Waals surface area (Å²) in [5.74, 6) is 1.30. The molecule has 0 fully saturated rings. The number of amides is 1. The lowest BCUT2D eigenvalue weighted by Crippen LogP contribution is -2.40. The lowest BCUT2D eigenvalue weighted by molar-refractivity contribution is 0.0766. The van der Waals surface area contributed by atoms with Crippen molar-refractivity contribution in [3.63, 3.8) is 0 Å². The molecule has 2 aromatic rings. The van der Waals surface area contributed by atoms with Crippen molar-refractivity contribution in [2.24, 2.45) is 5.73 Å². The molecule has 0 bridgehead atoms. The summed E-state index contributed by atoms with van der Waals surface area (Å²) in [5, 5.41) is 4.36. The highest BCUT2D eigenvalue weighted by molar-refractivity contribution is 7.07. The molecular weight excluding hydrogens is 384 g/mol. The quantitative estimate of drug-likeness (QED) is 0.542. The van der Waals surface area contributed by atoms with Crippen LogP contribution in [-0.2, 0) is 13.0 Å². The molecule has 0 aliphatic carbocycles. The van der Waals surface area contributed by atoms with E-state index in [0.29, 0.717) is 30.2 Å². The maximum absolute atomic E-state index is 12.8. The minimum atomic E-state index is -0.257. The van der Waals surface area contributed by atoms with Crippen LogP contribution in [0.2, 0.25) is 0 Å². The number of carbonyl (C=O) groups excluding carboxylic acids is 1. The van der Waals surface area contributed by atoms with E-state index in [0.717, 1.165) is 31.2 Å². The van der Waals surface area contributed by atoms with Gasteiger partial charge in [0, 0.05) is 24.2 Å². The summed E-state index contributed by atoms with van der Waals surface area (Å²) in [6.45, 7) is 3.37. The van der Waals surface area contributed by atoms with Crippen molar-refractivity contribution < 1.29 is 14.3 Å². The number of rotatable bonds is 11. The van der Waals surface area contributed by atoms with Gasteiger partial charge in [-0.3, -0.25) is 4.79 Å². The molecule has 0 radical (unpaired) electrons. The van der Waals surface area contributed by atoms with E-state index in [4.69, 9.17) is 15.2 Å². The molecule has 158 valence electrons. The fourth-order valence-electron chi connectivity index (χ4n) is 3.86. The second-order valence-corrected chi connectivity index (χ2v) is 8.97. The second kappa shape index (κ2) is 9.63. The molecule has 1 aromatic carbocycles. The van der Waals surface area contributed by atoms with Crippen LogP contribution in [0.1, 0.15) is 60.5 Å². The maximum atomic E-state index is 12.8. The molecule has 1 aromatic heterocycles. The van der Waals surface area contributed by atoms with Gasteiger partial charge in [0.25, 0.3) is 5.91 Å². The number of benzene rings is 1. The Morgan fingerprint density at radius 3 is 2.59 bits per heavy atom. The van der Waals surface area contributed by atoms with Crippen LogP contribution in [0.15, 0.2) is 29.0 Å². The number of carbonyl (C=O) groups is 1. The molecule has 3 rings (SSSR count). The van der Waals surface area contributed by atoms with Gasteiger partial charge in [0.1, 0.15) is 0 Å². The average molecular weight is 417 g/mol. The van der Waals surface area contributed by atoms with E-state index in [1.807, 2.05) is 11.0 Å². The third-order valence-electron chi connectivity index (χ3n) is 5.73. The van der Waals surface area contributed by atoms with Crippen molar-refractivity contribution in [3.8, 4) is 11.5 Å². The van der Waals surface area contributed by atoms with Gasteiger partial charge < -0.3 is 20.1 Å². The topological polar surface area (TPSA) is 64.8 Å². The van der Waals surface area contributed by atoms with Crippen molar-refractivity contribution in [3.05, 3.63) is 45.6 Å². The first-order valence-corrected chi connectivity index (χ1v) is 11.2. The van der Waals surface area contributed by atoms with E-state index in [2.05, 4.69) is 23.8 Å². The zero-order valence-corrected chi connectivity index (χ0v) is 18.5. The smallest absolute Gasteiger partial charge is 0.254 e. The van der Waals surface area contributed by atoms with Gasteiger partial charge >= 0.3 is 0 Å². The fourth-order valence-corrected chi connectivity index (χ4v) is 4.57. The van der Waals surface area contributed by atoms with Gasteiger partial charge in [-0.25, -0.2) is 0 Å². The molecule has 1 aliphatic heterocycles. The number of nitrogens with two attached hydrogens (primary N) is 1. The Morgan fingerprint density at radius 1 is 1.14 bits per heavy atom. The van der Waals surface area contributed by atoms with Crippen LogP contribution in [0.3, 0.4) is 0 Å². The number of hydrogen-bond donors (Lipinski definition) is 1. The third kappa shape index (κ3) is 5.52. The Kier molecular flexibility index (Phi) is 7.19. The number of thiophene rings is 1. The SMILES string of the molecule is COc1cc2c(cc1OC)C(=O)N(CCC(C)(N)CCCCCc1ccsc1)C2. The van der Waals surface area contributed by atoms with Crippen LogP contribution in [0.25, 0.3) is 0 Å². The predicted octanol–water partition coefficient (Wildman–Crippen LogP) is 4.63. The summed E-state index contributed by atoms with van der Waals surface area (Å²) in [5.41, 5.74) is 9.41. The summed E-state index contributed by atoms with van der Waals surface area (Å²) in [4.78, 5) is 14.7. The Bertz CT molecular complexity index is 818. The molecule has 5 nitrogen and oxygen atoms in total. The van der Waals surface area contributed by atoms with Crippen molar-refractivity contribution in [1.82, 2.24) is 4.90 Å². The summed E-state index contributed by atoms with van der Waals surface area (Å²) >= 11 is 1.76. The molecule has 1 unspecified atom stereocenters. The fraction of sp³-hybridized carbons (Fsp3) is 0.522. The van der Waals surface area contributed by atoms with Crippen LogP contribution in [0.5, 0.6) is 11.5 Å². The third-order valence-corrected chi connectivity index (χ3v) is 6.47.